The van der Waals surface area contributed by atoms with E-state index in [9.17, 15) is 9.59 Å². The van der Waals surface area contributed by atoms with Crippen LogP contribution in [0.3, 0.4) is 0 Å². The topological polar surface area (TPSA) is 94.1 Å². The van der Waals surface area contributed by atoms with Gasteiger partial charge in [0.25, 0.3) is 0 Å². The van der Waals surface area contributed by atoms with E-state index < -0.39 is 23.7 Å². The highest BCUT2D eigenvalue weighted by Crippen LogP contribution is 2.28. The summed E-state index contributed by atoms with van der Waals surface area (Å²) in [4.78, 5) is 23.0. The summed E-state index contributed by atoms with van der Waals surface area (Å²) in [7, 11) is 2.98. The number of carbonyl (C=O) groups excluding carboxylic acids is 1. The van der Waals surface area contributed by atoms with Gasteiger partial charge < -0.3 is 24.6 Å². The van der Waals surface area contributed by atoms with E-state index in [1.807, 2.05) is 0 Å². The molecule has 23 heavy (non-hydrogen) atoms. The van der Waals surface area contributed by atoms with Gasteiger partial charge in [0.15, 0.2) is 0 Å². The lowest BCUT2D eigenvalue weighted by molar-refractivity contribution is -0.137. The number of alkyl carbamates (subject to hydrolysis) is 1. The summed E-state index contributed by atoms with van der Waals surface area (Å²) in [6.45, 7) is 5.19. The fourth-order valence-corrected chi connectivity index (χ4v) is 1.91. The highest BCUT2D eigenvalue weighted by atomic mass is 16.6. The van der Waals surface area contributed by atoms with E-state index >= 15 is 0 Å². The summed E-state index contributed by atoms with van der Waals surface area (Å²) < 4.78 is 15.5. The van der Waals surface area contributed by atoms with E-state index in [1.165, 1.54) is 14.2 Å². The van der Waals surface area contributed by atoms with Crippen molar-refractivity contribution in [3.8, 4) is 11.5 Å². The van der Waals surface area contributed by atoms with Gasteiger partial charge in [-0.1, -0.05) is 0 Å². The van der Waals surface area contributed by atoms with Crippen LogP contribution >= 0.6 is 0 Å². The number of amides is 1. The molecule has 7 heteroatoms. The second kappa shape index (κ2) is 7.71. The van der Waals surface area contributed by atoms with Crippen molar-refractivity contribution in [2.75, 3.05) is 14.2 Å². The van der Waals surface area contributed by atoms with Crippen LogP contribution in [0.4, 0.5) is 4.79 Å². The van der Waals surface area contributed by atoms with Crippen LogP contribution in [0.5, 0.6) is 11.5 Å². The van der Waals surface area contributed by atoms with E-state index in [1.54, 1.807) is 39.0 Å². The van der Waals surface area contributed by atoms with E-state index in [0.29, 0.717) is 17.1 Å². The van der Waals surface area contributed by atoms with Crippen LogP contribution in [0, 0.1) is 0 Å². The predicted octanol–water partition coefficient (Wildman–Crippen LogP) is 2.74. The second-order valence-electron chi connectivity index (χ2n) is 5.94. The summed E-state index contributed by atoms with van der Waals surface area (Å²) in [5, 5.41) is 11.7. The molecule has 0 unspecified atom stereocenters. The van der Waals surface area contributed by atoms with Gasteiger partial charge in [0.2, 0.25) is 0 Å². The minimum absolute atomic E-state index is 0.296. The van der Waals surface area contributed by atoms with Gasteiger partial charge in [-0.05, 0) is 38.5 Å². The molecule has 1 rings (SSSR count). The average Bonchev–Trinajstić information content (AvgIpc) is 2.43. The number of hydrogen-bond donors (Lipinski definition) is 2. The van der Waals surface area contributed by atoms with Crippen molar-refractivity contribution in [2.24, 2.45) is 0 Å². The van der Waals surface area contributed by atoms with Crippen LogP contribution in [-0.4, -0.2) is 37.0 Å². The molecule has 0 aliphatic carbocycles. The average molecular weight is 325 g/mol. The number of hydrogen-bond acceptors (Lipinski definition) is 5. The molecular formula is C16H23NO6. The first-order chi connectivity index (χ1) is 10.6. The van der Waals surface area contributed by atoms with Gasteiger partial charge in [-0.25, -0.2) is 4.79 Å². The first-order valence-electron chi connectivity index (χ1n) is 7.09. The molecule has 7 nitrogen and oxygen atoms in total. The minimum Gasteiger partial charge on any atom is -0.497 e. The Morgan fingerprint density at radius 1 is 1.13 bits per heavy atom. The number of carbonyl (C=O) groups is 2. The van der Waals surface area contributed by atoms with E-state index in [2.05, 4.69) is 5.32 Å². The molecule has 0 saturated heterocycles. The molecule has 0 fully saturated rings. The Balaban J connectivity index is 3.06. The maximum atomic E-state index is 11.9. The third-order valence-corrected chi connectivity index (χ3v) is 2.85. The van der Waals surface area contributed by atoms with Crippen molar-refractivity contribution in [1.82, 2.24) is 5.32 Å². The van der Waals surface area contributed by atoms with Gasteiger partial charge in [0.1, 0.15) is 17.1 Å². The number of aliphatic carboxylic acids is 1. The van der Waals surface area contributed by atoms with Crippen LogP contribution in [0.25, 0.3) is 0 Å². The van der Waals surface area contributed by atoms with Gasteiger partial charge >= 0.3 is 12.1 Å². The predicted molar refractivity (Wildman–Crippen MR) is 83.9 cm³/mol. The second-order valence-corrected chi connectivity index (χ2v) is 5.94. The van der Waals surface area contributed by atoms with Crippen molar-refractivity contribution in [2.45, 2.75) is 38.8 Å². The monoisotopic (exact) mass is 325 g/mol. The van der Waals surface area contributed by atoms with Crippen molar-refractivity contribution in [3.63, 3.8) is 0 Å². The Labute approximate surface area is 135 Å². The molecule has 0 spiro atoms. The van der Waals surface area contributed by atoms with Crippen molar-refractivity contribution in [1.29, 1.82) is 0 Å². The molecule has 0 heterocycles. The Morgan fingerprint density at radius 3 is 2.04 bits per heavy atom. The first kappa shape index (κ1) is 18.6. The van der Waals surface area contributed by atoms with Gasteiger partial charge in [-0.15, -0.1) is 0 Å². The molecule has 128 valence electrons. The number of ether oxygens (including phenoxy) is 3. The fourth-order valence-electron chi connectivity index (χ4n) is 1.91. The summed E-state index contributed by atoms with van der Waals surface area (Å²) in [6, 6.07) is 4.18. The lowest BCUT2D eigenvalue weighted by Crippen LogP contribution is -2.35. The summed E-state index contributed by atoms with van der Waals surface area (Å²) in [5.41, 5.74) is -0.126. The van der Waals surface area contributed by atoms with Gasteiger partial charge in [0.05, 0.1) is 26.7 Å². The minimum atomic E-state index is -1.05. The lowest BCUT2D eigenvalue weighted by Gasteiger charge is -2.23. The number of carboxylic acids is 1. The SMILES string of the molecule is COc1cc(OC)cc([C@H](CC(=O)O)NC(=O)OC(C)(C)C)c1. The molecule has 0 saturated carbocycles. The molecule has 2 N–H and O–H groups in total. The largest absolute Gasteiger partial charge is 0.497 e. The number of benzene rings is 1. The van der Waals surface area contributed by atoms with E-state index in [-0.39, 0.29) is 6.42 Å². The zero-order valence-corrected chi connectivity index (χ0v) is 14.0. The van der Waals surface area contributed by atoms with Crippen LogP contribution in [0.1, 0.15) is 38.8 Å². The number of rotatable bonds is 6. The molecule has 0 aliphatic heterocycles. The molecule has 1 amide bonds. The summed E-state index contributed by atoms with van der Waals surface area (Å²) >= 11 is 0. The fraction of sp³-hybridized carbons (Fsp3) is 0.500. The van der Waals surface area contributed by atoms with Crippen molar-refractivity contribution >= 4 is 12.1 Å². The maximum absolute atomic E-state index is 11.9. The van der Waals surface area contributed by atoms with Crippen molar-refractivity contribution < 1.29 is 28.9 Å². The summed E-state index contributed by atoms with van der Waals surface area (Å²) in [5.74, 6) is -0.0469. The Hall–Kier alpha value is -2.44. The van der Waals surface area contributed by atoms with Crippen LogP contribution in [0.15, 0.2) is 18.2 Å². The van der Waals surface area contributed by atoms with Gasteiger partial charge in [0, 0.05) is 6.07 Å². The molecule has 0 aromatic heterocycles. The van der Waals surface area contributed by atoms with Crippen LogP contribution < -0.4 is 14.8 Å². The number of nitrogens with one attached hydrogen (secondary N) is 1. The first-order valence-corrected chi connectivity index (χ1v) is 7.09. The standard InChI is InChI=1S/C16H23NO6/c1-16(2,3)23-15(20)17-13(9-14(18)19)10-6-11(21-4)8-12(7-10)22-5/h6-8,13H,9H2,1-5H3,(H,17,20)(H,18,19)/t13-/m0/s1. The zero-order valence-electron chi connectivity index (χ0n) is 14.0. The highest BCUT2D eigenvalue weighted by molar-refractivity contribution is 5.72. The van der Waals surface area contributed by atoms with Crippen molar-refractivity contribution in [3.05, 3.63) is 23.8 Å². The molecule has 0 aliphatic rings. The molecule has 0 bridgehead atoms. The van der Waals surface area contributed by atoms with Crippen LogP contribution in [-0.2, 0) is 9.53 Å². The van der Waals surface area contributed by atoms with E-state index in [4.69, 9.17) is 19.3 Å². The smallest absolute Gasteiger partial charge is 0.408 e. The Morgan fingerprint density at radius 2 is 1.65 bits per heavy atom. The highest BCUT2D eigenvalue weighted by Gasteiger charge is 2.23. The summed E-state index contributed by atoms with van der Waals surface area (Å²) in [6.07, 6.45) is -0.985. The molecule has 1 atom stereocenters. The Kier molecular flexibility index (Phi) is 6.24. The van der Waals surface area contributed by atoms with E-state index in [0.717, 1.165) is 0 Å². The molecule has 1 aromatic rings. The van der Waals surface area contributed by atoms with Crippen LogP contribution in [0.2, 0.25) is 0 Å². The normalized spacial score (nSPS) is 12.2. The Bertz CT molecular complexity index is 542. The third kappa shape index (κ3) is 6.46. The van der Waals surface area contributed by atoms with Gasteiger partial charge in [-0.3, -0.25) is 4.79 Å². The number of carboxylic acid groups (broad SMARTS) is 1. The zero-order chi connectivity index (χ0) is 17.6. The maximum Gasteiger partial charge on any atom is 0.408 e. The molecular weight excluding hydrogens is 302 g/mol. The quantitative estimate of drug-likeness (QED) is 0.835. The van der Waals surface area contributed by atoms with Gasteiger partial charge in [-0.2, -0.15) is 0 Å². The number of methoxy groups -OCH3 is 2. The molecule has 1 aromatic carbocycles. The lowest BCUT2D eigenvalue weighted by atomic mass is 10.0. The third-order valence-electron chi connectivity index (χ3n) is 2.85. The molecule has 0 radical (unpaired) electrons.